The van der Waals surface area contributed by atoms with Gasteiger partial charge in [-0.3, -0.25) is 10.1 Å². The van der Waals surface area contributed by atoms with Crippen LogP contribution in [0.2, 0.25) is 0 Å². The highest BCUT2D eigenvalue weighted by Crippen LogP contribution is 2.23. The Balaban J connectivity index is 2.55. The van der Waals surface area contributed by atoms with Gasteiger partial charge in [0.1, 0.15) is 5.69 Å². The summed E-state index contributed by atoms with van der Waals surface area (Å²) in [5.74, 6) is -1.13. The van der Waals surface area contributed by atoms with Gasteiger partial charge in [0.2, 0.25) is 0 Å². The molecule has 1 aromatic heterocycles. The molecular formula is C13H10N2O4. The number of aromatic carboxylic acids is 1. The molecule has 96 valence electrons. The molecule has 0 amide bonds. The molecule has 1 N–H and O–H groups in total. The molecule has 0 aliphatic rings. The zero-order chi connectivity index (χ0) is 14.0. The Morgan fingerprint density at radius 2 is 2.05 bits per heavy atom. The maximum absolute atomic E-state index is 10.9. The van der Waals surface area contributed by atoms with E-state index in [1.807, 2.05) is 0 Å². The molecule has 2 rings (SSSR count). The molecule has 1 heterocycles. The normalized spacial score (nSPS) is 10.2. The first-order valence-electron chi connectivity index (χ1n) is 5.44. The molecule has 1 aromatic carbocycles. The zero-order valence-corrected chi connectivity index (χ0v) is 10.0. The topological polar surface area (TPSA) is 93.3 Å². The number of carboxylic acids is 1. The minimum atomic E-state index is -1.13. The van der Waals surface area contributed by atoms with Crippen LogP contribution in [0.5, 0.6) is 0 Å². The van der Waals surface area contributed by atoms with Crippen LogP contribution in [0, 0.1) is 17.0 Å². The third kappa shape index (κ3) is 2.74. The second-order valence-electron chi connectivity index (χ2n) is 4.03. The van der Waals surface area contributed by atoms with E-state index in [4.69, 9.17) is 5.11 Å². The summed E-state index contributed by atoms with van der Waals surface area (Å²) in [6.07, 6.45) is 0. The van der Waals surface area contributed by atoms with Crippen LogP contribution >= 0.6 is 0 Å². The standard InChI is InChI=1S/C13H10N2O4/c1-8-5-11(14-12(6-8)13(16)17)9-3-2-4-10(7-9)15(18)19/h2-7H,1H3,(H,16,17). The number of nitro benzene ring substituents is 1. The van der Waals surface area contributed by atoms with E-state index in [0.29, 0.717) is 11.3 Å². The van der Waals surface area contributed by atoms with E-state index in [2.05, 4.69) is 4.98 Å². The van der Waals surface area contributed by atoms with Gasteiger partial charge in [0.25, 0.3) is 5.69 Å². The Morgan fingerprint density at radius 3 is 2.68 bits per heavy atom. The zero-order valence-electron chi connectivity index (χ0n) is 10.0. The van der Waals surface area contributed by atoms with Gasteiger partial charge in [-0.15, -0.1) is 0 Å². The fraction of sp³-hybridized carbons (Fsp3) is 0.0769. The summed E-state index contributed by atoms with van der Waals surface area (Å²) in [5.41, 5.74) is 1.51. The smallest absolute Gasteiger partial charge is 0.354 e. The minimum Gasteiger partial charge on any atom is -0.477 e. The fourth-order valence-electron chi connectivity index (χ4n) is 1.70. The first kappa shape index (κ1) is 12.7. The van der Waals surface area contributed by atoms with Crippen molar-refractivity contribution in [1.82, 2.24) is 4.98 Å². The van der Waals surface area contributed by atoms with E-state index < -0.39 is 10.9 Å². The van der Waals surface area contributed by atoms with Crippen molar-refractivity contribution in [3.8, 4) is 11.3 Å². The average Bonchev–Trinajstić information content (AvgIpc) is 2.38. The second-order valence-corrected chi connectivity index (χ2v) is 4.03. The van der Waals surface area contributed by atoms with Gasteiger partial charge >= 0.3 is 5.97 Å². The van der Waals surface area contributed by atoms with E-state index in [1.165, 1.54) is 24.3 Å². The number of nitro groups is 1. The van der Waals surface area contributed by atoms with Crippen LogP contribution in [0.1, 0.15) is 16.1 Å². The minimum absolute atomic E-state index is 0.0577. The summed E-state index contributed by atoms with van der Waals surface area (Å²) in [4.78, 5) is 25.1. The Morgan fingerprint density at radius 1 is 1.32 bits per heavy atom. The fourth-order valence-corrected chi connectivity index (χ4v) is 1.70. The first-order valence-corrected chi connectivity index (χ1v) is 5.44. The number of aryl methyl sites for hydroxylation is 1. The molecule has 0 spiro atoms. The monoisotopic (exact) mass is 258 g/mol. The second kappa shape index (κ2) is 4.85. The molecule has 19 heavy (non-hydrogen) atoms. The predicted octanol–water partition coefficient (Wildman–Crippen LogP) is 2.66. The Bertz CT molecular complexity index is 667. The summed E-state index contributed by atoms with van der Waals surface area (Å²) in [6, 6.07) is 9.07. The molecule has 0 radical (unpaired) electrons. The molecule has 0 bridgehead atoms. The number of aromatic nitrogens is 1. The molecule has 0 aliphatic heterocycles. The molecule has 0 fully saturated rings. The third-order valence-electron chi connectivity index (χ3n) is 2.54. The number of benzene rings is 1. The number of hydrogen-bond acceptors (Lipinski definition) is 4. The third-order valence-corrected chi connectivity index (χ3v) is 2.54. The summed E-state index contributed by atoms with van der Waals surface area (Å²) in [6.45, 7) is 1.75. The van der Waals surface area contributed by atoms with Gasteiger partial charge in [0.05, 0.1) is 10.6 Å². The van der Waals surface area contributed by atoms with Crippen molar-refractivity contribution in [2.45, 2.75) is 6.92 Å². The highest BCUT2D eigenvalue weighted by atomic mass is 16.6. The van der Waals surface area contributed by atoms with Crippen molar-refractivity contribution >= 4 is 11.7 Å². The van der Waals surface area contributed by atoms with Crippen LogP contribution in [0.3, 0.4) is 0 Å². The molecule has 6 heteroatoms. The van der Waals surface area contributed by atoms with E-state index in [1.54, 1.807) is 19.1 Å². The number of rotatable bonds is 3. The summed E-state index contributed by atoms with van der Waals surface area (Å²) in [7, 11) is 0. The lowest BCUT2D eigenvalue weighted by Crippen LogP contribution is -2.02. The van der Waals surface area contributed by atoms with Gasteiger partial charge < -0.3 is 5.11 Å². The molecule has 0 atom stereocenters. The Labute approximate surface area is 108 Å². The van der Waals surface area contributed by atoms with Crippen molar-refractivity contribution in [1.29, 1.82) is 0 Å². The number of pyridine rings is 1. The van der Waals surface area contributed by atoms with Crippen molar-refractivity contribution in [3.05, 3.63) is 57.8 Å². The lowest BCUT2D eigenvalue weighted by Gasteiger charge is -2.04. The van der Waals surface area contributed by atoms with Gasteiger partial charge in [-0.05, 0) is 24.6 Å². The number of carbonyl (C=O) groups is 1. The van der Waals surface area contributed by atoms with Crippen LogP contribution in [-0.2, 0) is 0 Å². The molecule has 6 nitrogen and oxygen atoms in total. The van der Waals surface area contributed by atoms with Crippen LogP contribution in [0.25, 0.3) is 11.3 Å². The molecule has 0 aliphatic carbocycles. The molecular weight excluding hydrogens is 248 g/mol. The highest BCUT2D eigenvalue weighted by Gasteiger charge is 2.11. The SMILES string of the molecule is Cc1cc(C(=O)O)nc(-c2cccc([N+](=O)[O-])c2)c1. The number of carboxylic acid groups (broad SMARTS) is 1. The van der Waals surface area contributed by atoms with E-state index >= 15 is 0 Å². The number of non-ortho nitro benzene ring substituents is 1. The van der Waals surface area contributed by atoms with Crippen molar-refractivity contribution in [2.24, 2.45) is 0 Å². The van der Waals surface area contributed by atoms with Gasteiger partial charge in [-0.25, -0.2) is 9.78 Å². The molecule has 2 aromatic rings. The van der Waals surface area contributed by atoms with Crippen molar-refractivity contribution in [2.75, 3.05) is 0 Å². The summed E-state index contributed by atoms with van der Waals surface area (Å²) >= 11 is 0. The maximum Gasteiger partial charge on any atom is 0.354 e. The van der Waals surface area contributed by atoms with E-state index in [9.17, 15) is 14.9 Å². The summed E-state index contributed by atoms with van der Waals surface area (Å²) < 4.78 is 0. The van der Waals surface area contributed by atoms with E-state index in [0.717, 1.165) is 5.56 Å². The maximum atomic E-state index is 10.9. The lowest BCUT2D eigenvalue weighted by molar-refractivity contribution is -0.384. The Kier molecular flexibility index (Phi) is 3.24. The van der Waals surface area contributed by atoms with Crippen molar-refractivity contribution in [3.63, 3.8) is 0 Å². The van der Waals surface area contributed by atoms with Gasteiger partial charge in [0.15, 0.2) is 0 Å². The van der Waals surface area contributed by atoms with Gasteiger partial charge in [-0.1, -0.05) is 12.1 Å². The number of hydrogen-bond donors (Lipinski definition) is 1. The quantitative estimate of drug-likeness (QED) is 0.674. The van der Waals surface area contributed by atoms with Gasteiger partial charge in [0, 0.05) is 17.7 Å². The van der Waals surface area contributed by atoms with Gasteiger partial charge in [-0.2, -0.15) is 0 Å². The lowest BCUT2D eigenvalue weighted by atomic mass is 10.1. The van der Waals surface area contributed by atoms with E-state index in [-0.39, 0.29) is 11.4 Å². The van der Waals surface area contributed by atoms with Crippen molar-refractivity contribution < 1.29 is 14.8 Å². The highest BCUT2D eigenvalue weighted by molar-refractivity contribution is 5.86. The Hall–Kier alpha value is -2.76. The van der Waals surface area contributed by atoms with Crippen LogP contribution < -0.4 is 0 Å². The van der Waals surface area contributed by atoms with Crippen LogP contribution in [0.15, 0.2) is 36.4 Å². The molecule has 0 unspecified atom stereocenters. The first-order chi connectivity index (χ1) is 8.97. The van der Waals surface area contributed by atoms with Crippen LogP contribution in [0.4, 0.5) is 5.69 Å². The average molecular weight is 258 g/mol. The summed E-state index contributed by atoms with van der Waals surface area (Å²) in [5, 5.41) is 19.7. The van der Waals surface area contributed by atoms with Crippen LogP contribution in [-0.4, -0.2) is 21.0 Å². The molecule has 0 saturated carbocycles. The number of nitrogens with zero attached hydrogens (tertiary/aromatic N) is 2. The largest absolute Gasteiger partial charge is 0.477 e. The molecule has 0 saturated heterocycles. The predicted molar refractivity (Wildman–Crippen MR) is 68.0 cm³/mol.